The Morgan fingerprint density at radius 3 is 2.78 bits per heavy atom. The molecular weight excluding hydrogens is 254 g/mol. The zero-order chi connectivity index (χ0) is 13.3. The second-order valence-electron chi connectivity index (χ2n) is 4.32. The predicted molar refractivity (Wildman–Crippen MR) is 66.8 cm³/mol. The number of aliphatic hydroxyl groups excluding tert-OH is 1. The van der Waals surface area contributed by atoms with Crippen LogP contribution in [0.2, 0.25) is 0 Å². The number of carboxylic acid groups (broad SMARTS) is 1. The van der Waals surface area contributed by atoms with Crippen molar-refractivity contribution in [3.05, 3.63) is 21.9 Å². The Hall–Kier alpha value is -1.40. The van der Waals surface area contributed by atoms with Gasteiger partial charge in [0.05, 0.1) is 11.0 Å². The van der Waals surface area contributed by atoms with E-state index in [4.69, 9.17) is 5.11 Å². The van der Waals surface area contributed by atoms with E-state index in [2.05, 4.69) is 0 Å². The van der Waals surface area contributed by atoms with Crippen molar-refractivity contribution in [1.82, 2.24) is 4.90 Å². The monoisotopic (exact) mass is 269 g/mol. The molecule has 1 fully saturated rings. The number of aliphatic carboxylic acids is 1. The van der Waals surface area contributed by atoms with Crippen molar-refractivity contribution in [3.8, 4) is 0 Å². The minimum absolute atomic E-state index is 0.0924. The first-order chi connectivity index (χ1) is 8.52. The van der Waals surface area contributed by atoms with Gasteiger partial charge in [-0.1, -0.05) is 6.92 Å². The van der Waals surface area contributed by atoms with Crippen molar-refractivity contribution in [3.63, 3.8) is 0 Å². The molecule has 2 rings (SSSR count). The molecule has 0 saturated carbocycles. The zero-order valence-electron chi connectivity index (χ0n) is 10.00. The maximum atomic E-state index is 12.2. The molecule has 0 bridgehead atoms. The fourth-order valence-corrected chi connectivity index (χ4v) is 3.00. The van der Waals surface area contributed by atoms with E-state index < -0.39 is 18.1 Å². The first-order valence-electron chi connectivity index (χ1n) is 5.83. The molecule has 1 aliphatic heterocycles. The van der Waals surface area contributed by atoms with Crippen LogP contribution in [-0.2, 0) is 11.2 Å². The largest absolute Gasteiger partial charge is 0.480 e. The molecule has 98 valence electrons. The lowest BCUT2D eigenvalue weighted by atomic mass is 10.2. The van der Waals surface area contributed by atoms with Gasteiger partial charge in [0.1, 0.15) is 6.04 Å². The Balaban J connectivity index is 2.19. The number of amides is 1. The van der Waals surface area contributed by atoms with Crippen LogP contribution in [0.15, 0.2) is 12.1 Å². The molecular formula is C12H15NO4S. The minimum atomic E-state index is -1.06. The van der Waals surface area contributed by atoms with Crippen LogP contribution in [0.3, 0.4) is 0 Å². The molecule has 18 heavy (non-hydrogen) atoms. The standard InChI is InChI=1S/C12H15NO4S/c1-2-8-3-4-10(18-8)11(15)13-6-7(14)5-9(13)12(16)17/h3-4,7,9,14H,2,5-6H2,1H3,(H,16,17)/t7-,9+/m1/s1. The summed E-state index contributed by atoms with van der Waals surface area (Å²) in [4.78, 5) is 26.1. The third-order valence-electron chi connectivity index (χ3n) is 3.05. The highest BCUT2D eigenvalue weighted by Crippen LogP contribution is 2.24. The molecule has 2 heterocycles. The number of β-amino-alcohol motifs (C(OH)–C–C–N with tert-alkyl or cyclic N) is 1. The molecule has 1 amide bonds. The van der Waals surface area contributed by atoms with Gasteiger partial charge in [0.25, 0.3) is 5.91 Å². The molecule has 2 N–H and O–H groups in total. The molecule has 0 aromatic carbocycles. The van der Waals surface area contributed by atoms with E-state index >= 15 is 0 Å². The average molecular weight is 269 g/mol. The predicted octanol–water partition coefficient (Wildman–Crippen LogP) is 0.970. The zero-order valence-corrected chi connectivity index (χ0v) is 10.8. The van der Waals surface area contributed by atoms with Crippen LogP contribution >= 0.6 is 11.3 Å². The lowest BCUT2D eigenvalue weighted by Crippen LogP contribution is -2.40. The van der Waals surface area contributed by atoms with Gasteiger partial charge in [-0.05, 0) is 18.6 Å². The van der Waals surface area contributed by atoms with E-state index in [0.717, 1.165) is 11.3 Å². The third-order valence-corrected chi connectivity index (χ3v) is 4.26. The van der Waals surface area contributed by atoms with Crippen LogP contribution in [0.4, 0.5) is 0 Å². The minimum Gasteiger partial charge on any atom is -0.480 e. The van der Waals surface area contributed by atoms with Crippen LogP contribution in [0.5, 0.6) is 0 Å². The maximum Gasteiger partial charge on any atom is 0.326 e. The summed E-state index contributed by atoms with van der Waals surface area (Å²) in [5, 5.41) is 18.6. The lowest BCUT2D eigenvalue weighted by Gasteiger charge is -2.20. The number of thiophene rings is 1. The van der Waals surface area contributed by atoms with Crippen molar-refractivity contribution >= 4 is 23.2 Å². The Morgan fingerprint density at radius 1 is 1.50 bits per heavy atom. The summed E-state index contributed by atoms with van der Waals surface area (Å²) in [6.07, 6.45) is 0.205. The summed E-state index contributed by atoms with van der Waals surface area (Å²) in [6.45, 7) is 2.09. The maximum absolute atomic E-state index is 12.2. The smallest absolute Gasteiger partial charge is 0.326 e. The van der Waals surface area contributed by atoms with Crippen molar-refractivity contribution in [2.45, 2.75) is 31.9 Å². The van der Waals surface area contributed by atoms with E-state index in [9.17, 15) is 14.7 Å². The second kappa shape index (κ2) is 5.07. The summed E-state index contributed by atoms with van der Waals surface area (Å²) in [6, 6.07) is 2.68. The number of rotatable bonds is 3. The van der Waals surface area contributed by atoms with Gasteiger partial charge in [-0.3, -0.25) is 4.79 Å². The van der Waals surface area contributed by atoms with Gasteiger partial charge in [0, 0.05) is 17.8 Å². The van der Waals surface area contributed by atoms with Gasteiger partial charge in [-0.15, -0.1) is 11.3 Å². The Bertz CT molecular complexity index is 470. The summed E-state index contributed by atoms with van der Waals surface area (Å²) in [7, 11) is 0. The van der Waals surface area contributed by atoms with Gasteiger partial charge in [-0.25, -0.2) is 4.79 Å². The van der Waals surface area contributed by atoms with E-state index in [-0.39, 0.29) is 18.9 Å². The van der Waals surface area contributed by atoms with Gasteiger partial charge >= 0.3 is 5.97 Å². The molecule has 0 spiro atoms. The second-order valence-corrected chi connectivity index (χ2v) is 5.49. The van der Waals surface area contributed by atoms with Gasteiger partial charge in [-0.2, -0.15) is 0 Å². The van der Waals surface area contributed by atoms with Crippen LogP contribution < -0.4 is 0 Å². The molecule has 0 aliphatic carbocycles. The lowest BCUT2D eigenvalue weighted by molar-refractivity contribution is -0.141. The average Bonchev–Trinajstić information content (AvgIpc) is 2.94. The molecule has 1 aromatic heterocycles. The number of hydrogen-bond donors (Lipinski definition) is 2. The third kappa shape index (κ3) is 2.39. The number of carbonyl (C=O) groups is 2. The number of likely N-dealkylation sites (tertiary alicyclic amines) is 1. The van der Waals surface area contributed by atoms with E-state index in [0.29, 0.717) is 4.88 Å². The Morgan fingerprint density at radius 2 is 2.22 bits per heavy atom. The Kier molecular flexibility index (Phi) is 3.68. The number of hydrogen-bond acceptors (Lipinski definition) is 4. The van der Waals surface area contributed by atoms with E-state index in [1.807, 2.05) is 13.0 Å². The van der Waals surface area contributed by atoms with Gasteiger partial charge in [0.2, 0.25) is 0 Å². The Labute approximate surface area is 109 Å². The van der Waals surface area contributed by atoms with Crippen molar-refractivity contribution in [2.24, 2.45) is 0 Å². The molecule has 1 saturated heterocycles. The molecule has 0 radical (unpaired) electrons. The summed E-state index contributed by atoms with van der Waals surface area (Å²) >= 11 is 1.38. The van der Waals surface area contributed by atoms with E-state index in [1.165, 1.54) is 16.2 Å². The fraction of sp³-hybridized carbons (Fsp3) is 0.500. The quantitative estimate of drug-likeness (QED) is 0.857. The molecule has 1 aromatic rings. The highest BCUT2D eigenvalue weighted by atomic mass is 32.1. The van der Waals surface area contributed by atoms with Crippen molar-refractivity contribution in [2.75, 3.05) is 6.54 Å². The van der Waals surface area contributed by atoms with Gasteiger partial charge < -0.3 is 15.1 Å². The molecule has 0 unspecified atom stereocenters. The number of carbonyl (C=O) groups excluding carboxylic acids is 1. The number of nitrogens with zero attached hydrogens (tertiary/aromatic N) is 1. The molecule has 6 heteroatoms. The van der Waals surface area contributed by atoms with Crippen LogP contribution in [0.1, 0.15) is 27.9 Å². The summed E-state index contributed by atoms with van der Waals surface area (Å²) in [5.41, 5.74) is 0. The van der Waals surface area contributed by atoms with Crippen molar-refractivity contribution < 1.29 is 19.8 Å². The first kappa shape index (κ1) is 13.0. The summed E-state index contributed by atoms with van der Waals surface area (Å²) < 4.78 is 0. The normalized spacial score (nSPS) is 23.3. The first-order valence-corrected chi connectivity index (χ1v) is 6.65. The molecule has 2 atom stereocenters. The highest BCUT2D eigenvalue weighted by Gasteiger charge is 2.39. The van der Waals surface area contributed by atoms with Crippen LogP contribution in [0, 0.1) is 0 Å². The van der Waals surface area contributed by atoms with Gasteiger partial charge in [0.15, 0.2) is 0 Å². The SMILES string of the molecule is CCc1ccc(C(=O)N2C[C@H](O)C[C@H]2C(=O)O)s1. The number of carboxylic acids is 1. The highest BCUT2D eigenvalue weighted by molar-refractivity contribution is 7.14. The van der Waals surface area contributed by atoms with Crippen molar-refractivity contribution in [1.29, 1.82) is 0 Å². The number of aliphatic hydroxyl groups is 1. The van der Waals surface area contributed by atoms with E-state index in [1.54, 1.807) is 6.07 Å². The topological polar surface area (TPSA) is 77.8 Å². The molecule has 1 aliphatic rings. The van der Waals surface area contributed by atoms with Crippen LogP contribution in [-0.4, -0.2) is 45.7 Å². The number of aryl methyl sites for hydroxylation is 1. The summed E-state index contributed by atoms with van der Waals surface area (Å²) in [5.74, 6) is -1.36. The van der Waals surface area contributed by atoms with Crippen LogP contribution in [0.25, 0.3) is 0 Å². The molecule has 5 nitrogen and oxygen atoms in total. The fourth-order valence-electron chi connectivity index (χ4n) is 2.10.